The van der Waals surface area contributed by atoms with E-state index in [1.807, 2.05) is 18.2 Å². The van der Waals surface area contributed by atoms with Gasteiger partial charge in [0.1, 0.15) is 11.9 Å². The molecule has 1 aromatic heterocycles. The van der Waals surface area contributed by atoms with Gasteiger partial charge < -0.3 is 14.7 Å². The Morgan fingerprint density at radius 2 is 2.03 bits per heavy atom. The Bertz CT molecular complexity index is 1000. The van der Waals surface area contributed by atoms with E-state index in [9.17, 15) is 9.90 Å². The highest BCUT2D eigenvalue weighted by atomic mass is 32.2. The van der Waals surface area contributed by atoms with Crippen molar-refractivity contribution in [2.24, 2.45) is 11.8 Å². The molecule has 1 aromatic carbocycles. The van der Waals surface area contributed by atoms with Gasteiger partial charge in [0.15, 0.2) is 0 Å². The highest BCUT2D eigenvalue weighted by Crippen LogP contribution is 2.37. The van der Waals surface area contributed by atoms with E-state index >= 15 is 4.39 Å². The number of likely N-dealkylation sites (tertiary alicyclic amines) is 1. The van der Waals surface area contributed by atoms with Crippen LogP contribution < -0.4 is 4.74 Å². The largest absolute Gasteiger partial charge is 0.497 e. The Morgan fingerprint density at radius 1 is 1.19 bits per heavy atom. The summed E-state index contributed by atoms with van der Waals surface area (Å²) >= 11 is 2.16. The summed E-state index contributed by atoms with van der Waals surface area (Å²) in [4.78, 5) is 18.2. The van der Waals surface area contributed by atoms with Crippen LogP contribution in [0.1, 0.15) is 82.4 Å². The van der Waals surface area contributed by atoms with Crippen molar-refractivity contribution in [1.29, 1.82) is 0 Å². The van der Waals surface area contributed by atoms with Crippen LogP contribution in [-0.4, -0.2) is 58.7 Å². The number of carboxylic acid groups (broad SMARTS) is 1. The smallest absolute Gasteiger partial charge is 0.303 e. The second-order valence-corrected chi connectivity index (χ2v) is 12.3. The van der Waals surface area contributed by atoms with Crippen LogP contribution in [0.2, 0.25) is 0 Å². The first kappa shape index (κ1) is 28.2. The molecule has 0 spiro atoms. The summed E-state index contributed by atoms with van der Waals surface area (Å²) in [5, 5.41) is 11.0. The van der Waals surface area contributed by atoms with Crippen molar-refractivity contribution in [2.45, 2.75) is 82.1 Å². The third-order valence-corrected chi connectivity index (χ3v) is 9.81. The summed E-state index contributed by atoms with van der Waals surface area (Å²) < 4.78 is 20.9. The van der Waals surface area contributed by atoms with Crippen LogP contribution in [0, 0.1) is 11.8 Å². The monoisotopic (exact) mass is 530 g/mol. The predicted molar refractivity (Wildman–Crippen MR) is 150 cm³/mol. The number of methoxy groups -OCH3 is 1. The zero-order valence-corrected chi connectivity index (χ0v) is 23.1. The number of alkyl halides is 1. The van der Waals surface area contributed by atoms with Crippen LogP contribution in [0.3, 0.4) is 0 Å². The molecule has 37 heavy (non-hydrogen) atoms. The summed E-state index contributed by atoms with van der Waals surface area (Å²) in [6.07, 6.45) is 11.9. The maximum absolute atomic E-state index is 15.6. The molecule has 3 atom stereocenters. The first-order valence-corrected chi connectivity index (χ1v) is 15.2. The quantitative estimate of drug-likeness (QED) is 0.274. The Hall–Kier alpha value is -1.86. The topological polar surface area (TPSA) is 62.7 Å². The molecule has 0 amide bonds. The van der Waals surface area contributed by atoms with Crippen LogP contribution in [0.4, 0.5) is 4.39 Å². The van der Waals surface area contributed by atoms with Gasteiger partial charge in [-0.3, -0.25) is 9.78 Å². The SMILES string of the molecule is COc1ccc2nccc([C@H](F)CC[C@@H]3CCN(CCCSC4CCCCC4)C[C@H]3CCC(=O)O)c2c1. The lowest BCUT2D eigenvalue weighted by atomic mass is 9.79. The van der Waals surface area contributed by atoms with Crippen molar-refractivity contribution in [3.05, 3.63) is 36.0 Å². The fourth-order valence-corrected chi connectivity index (χ4v) is 7.50. The minimum absolute atomic E-state index is 0.195. The van der Waals surface area contributed by atoms with Gasteiger partial charge in [-0.2, -0.15) is 11.8 Å². The van der Waals surface area contributed by atoms with E-state index in [1.54, 1.807) is 19.4 Å². The summed E-state index contributed by atoms with van der Waals surface area (Å²) in [6, 6.07) is 7.37. The number of hydrogen-bond acceptors (Lipinski definition) is 5. The maximum atomic E-state index is 15.6. The molecule has 5 nitrogen and oxygen atoms in total. The van der Waals surface area contributed by atoms with Gasteiger partial charge in [-0.1, -0.05) is 19.3 Å². The highest BCUT2D eigenvalue weighted by Gasteiger charge is 2.30. The molecule has 204 valence electrons. The standard InChI is InChI=1S/C30H43FN2O3S/c1-36-24-10-12-29-27(20-24)26(14-16-32-29)28(31)11-8-22-15-18-33(21-23(22)9-13-30(34)35)17-5-19-37-25-6-3-2-4-7-25/h10,12,14,16,20,22-23,25,28H,2-9,11,13,15,17-19,21H2,1H3,(H,34,35)/t22-,23-,28-/m1/s1. The maximum Gasteiger partial charge on any atom is 0.303 e. The molecule has 4 rings (SSSR count). The summed E-state index contributed by atoms with van der Waals surface area (Å²) in [5.41, 5.74) is 1.44. The van der Waals surface area contributed by atoms with Crippen molar-refractivity contribution in [3.8, 4) is 5.75 Å². The fraction of sp³-hybridized carbons (Fsp3) is 0.667. The minimum Gasteiger partial charge on any atom is -0.497 e. The molecular weight excluding hydrogens is 487 g/mol. The number of halogens is 1. The van der Waals surface area contributed by atoms with Crippen LogP contribution in [-0.2, 0) is 4.79 Å². The van der Waals surface area contributed by atoms with E-state index in [2.05, 4.69) is 21.6 Å². The van der Waals surface area contributed by atoms with E-state index in [4.69, 9.17) is 4.74 Å². The normalized spacial score (nSPS) is 22.2. The molecule has 0 unspecified atom stereocenters. The van der Waals surface area contributed by atoms with Gasteiger partial charge in [0.05, 0.1) is 12.6 Å². The van der Waals surface area contributed by atoms with Crippen LogP contribution in [0.25, 0.3) is 10.9 Å². The van der Waals surface area contributed by atoms with Crippen molar-refractivity contribution in [1.82, 2.24) is 9.88 Å². The molecule has 1 N–H and O–H groups in total. The number of carbonyl (C=O) groups is 1. The number of nitrogens with zero attached hydrogens (tertiary/aromatic N) is 2. The third kappa shape index (κ3) is 8.31. The molecule has 1 aliphatic carbocycles. The second-order valence-electron chi connectivity index (χ2n) is 10.9. The number of aliphatic carboxylic acids is 1. The minimum atomic E-state index is -1.08. The van der Waals surface area contributed by atoms with Gasteiger partial charge in [0.2, 0.25) is 0 Å². The number of pyridine rings is 1. The fourth-order valence-electron chi connectivity index (χ4n) is 6.21. The van der Waals surface area contributed by atoms with Crippen LogP contribution >= 0.6 is 11.8 Å². The van der Waals surface area contributed by atoms with Crippen LogP contribution in [0.5, 0.6) is 5.75 Å². The molecule has 2 heterocycles. The van der Waals surface area contributed by atoms with E-state index < -0.39 is 12.1 Å². The number of ether oxygens (including phenoxy) is 1. The Morgan fingerprint density at radius 3 is 2.81 bits per heavy atom. The lowest BCUT2D eigenvalue weighted by molar-refractivity contribution is -0.137. The van der Waals surface area contributed by atoms with Gasteiger partial charge in [0.25, 0.3) is 0 Å². The number of piperidine rings is 1. The Balaban J connectivity index is 1.30. The molecule has 2 aromatic rings. The molecule has 2 aliphatic rings. The van der Waals surface area contributed by atoms with E-state index in [1.165, 1.54) is 44.3 Å². The third-order valence-electron chi connectivity index (χ3n) is 8.34. The molecule has 7 heteroatoms. The van der Waals surface area contributed by atoms with E-state index in [0.29, 0.717) is 36.0 Å². The van der Waals surface area contributed by atoms with Crippen molar-refractivity contribution < 1.29 is 19.0 Å². The van der Waals surface area contributed by atoms with Gasteiger partial charge in [-0.15, -0.1) is 0 Å². The van der Waals surface area contributed by atoms with Gasteiger partial charge >= 0.3 is 5.97 Å². The highest BCUT2D eigenvalue weighted by molar-refractivity contribution is 7.99. The van der Waals surface area contributed by atoms with Gasteiger partial charge in [-0.05, 0) is 105 Å². The average Bonchev–Trinajstić information content (AvgIpc) is 2.93. The van der Waals surface area contributed by atoms with Crippen molar-refractivity contribution in [2.75, 3.05) is 32.5 Å². The molecule has 1 saturated carbocycles. The molecule has 0 bridgehead atoms. The number of hydrogen-bond donors (Lipinski definition) is 1. The van der Waals surface area contributed by atoms with Gasteiger partial charge in [-0.25, -0.2) is 4.39 Å². The number of rotatable bonds is 13. The van der Waals surface area contributed by atoms with E-state index in [0.717, 1.165) is 48.6 Å². The van der Waals surface area contributed by atoms with Crippen LogP contribution in [0.15, 0.2) is 30.5 Å². The zero-order chi connectivity index (χ0) is 26.0. The number of carboxylic acids is 1. The number of benzene rings is 1. The Labute approximate surface area is 225 Å². The second kappa shape index (κ2) is 14.3. The molecule has 1 saturated heterocycles. The average molecular weight is 531 g/mol. The molecule has 2 fully saturated rings. The molecule has 1 aliphatic heterocycles. The lowest BCUT2D eigenvalue weighted by Crippen LogP contribution is -2.41. The van der Waals surface area contributed by atoms with Crippen molar-refractivity contribution >= 4 is 28.6 Å². The molecular formula is C30H43FN2O3S. The first-order valence-electron chi connectivity index (χ1n) is 14.2. The summed E-state index contributed by atoms with van der Waals surface area (Å²) in [6.45, 7) is 3.07. The lowest BCUT2D eigenvalue weighted by Gasteiger charge is -2.39. The molecule has 0 radical (unpaired) electrons. The first-order chi connectivity index (χ1) is 18.0. The Kier molecular flexibility index (Phi) is 10.9. The summed E-state index contributed by atoms with van der Waals surface area (Å²) in [5.74, 6) is 1.87. The predicted octanol–water partition coefficient (Wildman–Crippen LogP) is 7.29. The number of fused-ring (bicyclic) bond motifs is 1. The number of aromatic nitrogens is 1. The summed E-state index contributed by atoms with van der Waals surface area (Å²) in [7, 11) is 1.61. The van der Waals surface area contributed by atoms with E-state index in [-0.39, 0.29) is 6.42 Å². The number of thioether (sulfide) groups is 1. The van der Waals surface area contributed by atoms with Gasteiger partial charge in [0, 0.05) is 29.8 Å². The van der Waals surface area contributed by atoms with Crippen molar-refractivity contribution in [3.63, 3.8) is 0 Å². The zero-order valence-electron chi connectivity index (χ0n) is 22.2.